The maximum absolute atomic E-state index is 12.1. The van der Waals surface area contributed by atoms with E-state index in [9.17, 15) is 4.79 Å². The van der Waals surface area contributed by atoms with E-state index >= 15 is 0 Å². The number of rotatable bonds is 4. The molecule has 0 spiro atoms. The Hall–Kier alpha value is -0.610. The van der Waals surface area contributed by atoms with E-state index in [-0.39, 0.29) is 0 Å². The third-order valence-electron chi connectivity index (χ3n) is 4.67. The van der Waals surface area contributed by atoms with Crippen LogP contribution in [0.4, 0.5) is 0 Å². The SMILES string of the molecule is CC1CCCCN1CCCC(=O)N1CCC(N)CC1. The Labute approximate surface area is 117 Å². The van der Waals surface area contributed by atoms with Gasteiger partial charge in [-0.1, -0.05) is 6.42 Å². The zero-order chi connectivity index (χ0) is 13.7. The molecule has 2 N–H and O–H groups in total. The summed E-state index contributed by atoms with van der Waals surface area (Å²) in [6, 6.07) is 1.01. The van der Waals surface area contributed by atoms with Crippen LogP contribution < -0.4 is 5.73 Å². The second-order valence-electron chi connectivity index (χ2n) is 6.20. The molecule has 2 heterocycles. The van der Waals surface area contributed by atoms with Crippen LogP contribution in [0.25, 0.3) is 0 Å². The normalized spacial score (nSPS) is 26.6. The number of amides is 1. The fraction of sp³-hybridized carbons (Fsp3) is 0.933. The van der Waals surface area contributed by atoms with Crippen LogP contribution in [0.2, 0.25) is 0 Å². The molecular weight excluding hydrogens is 238 g/mol. The van der Waals surface area contributed by atoms with Crippen LogP contribution in [0.5, 0.6) is 0 Å². The monoisotopic (exact) mass is 267 g/mol. The quantitative estimate of drug-likeness (QED) is 0.841. The van der Waals surface area contributed by atoms with Gasteiger partial charge in [0, 0.05) is 31.6 Å². The maximum atomic E-state index is 12.1. The Kier molecular flexibility index (Phi) is 5.64. The molecule has 4 nitrogen and oxygen atoms in total. The second-order valence-corrected chi connectivity index (χ2v) is 6.20. The van der Waals surface area contributed by atoms with Crippen molar-refractivity contribution in [1.29, 1.82) is 0 Å². The number of piperidine rings is 2. The Morgan fingerprint density at radius 3 is 2.58 bits per heavy atom. The van der Waals surface area contributed by atoms with Gasteiger partial charge >= 0.3 is 0 Å². The fourth-order valence-corrected chi connectivity index (χ4v) is 3.23. The van der Waals surface area contributed by atoms with Crippen LogP contribution in [0.1, 0.15) is 51.9 Å². The molecule has 110 valence electrons. The van der Waals surface area contributed by atoms with E-state index in [1.165, 1.54) is 25.8 Å². The number of carbonyl (C=O) groups is 1. The van der Waals surface area contributed by atoms with Crippen molar-refractivity contribution in [2.45, 2.75) is 64.0 Å². The van der Waals surface area contributed by atoms with Crippen molar-refractivity contribution in [3.05, 3.63) is 0 Å². The highest BCUT2D eigenvalue weighted by atomic mass is 16.2. The second kappa shape index (κ2) is 7.25. The van der Waals surface area contributed by atoms with Gasteiger partial charge in [0.05, 0.1) is 0 Å². The smallest absolute Gasteiger partial charge is 0.222 e. The number of hydrogen-bond acceptors (Lipinski definition) is 3. The molecule has 0 aromatic rings. The van der Waals surface area contributed by atoms with E-state index in [4.69, 9.17) is 5.73 Å². The third-order valence-corrected chi connectivity index (χ3v) is 4.67. The van der Waals surface area contributed by atoms with E-state index in [2.05, 4.69) is 11.8 Å². The van der Waals surface area contributed by atoms with E-state index < -0.39 is 0 Å². The minimum absolute atomic E-state index is 0.304. The number of carbonyl (C=O) groups excluding carboxylic acids is 1. The van der Waals surface area contributed by atoms with Gasteiger partial charge in [-0.15, -0.1) is 0 Å². The summed E-state index contributed by atoms with van der Waals surface area (Å²) in [6.45, 7) is 6.33. The predicted octanol–water partition coefficient (Wildman–Crippen LogP) is 1.59. The minimum Gasteiger partial charge on any atom is -0.343 e. The van der Waals surface area contributed by atoms with Gasteiger partial charge in [-0.3, -0.25) is 4.79 Å². The Morgan fingerprint density at radius 1 is 1.16 bits per heavy atom. The fourth-order valence-electron chi connectivity index (χ4n) is 3.23. The Balaban J connectivity index is 1.63. The van der Waals surface area contributed by atoms with Gasteiger partial charge < -0.3 is 15.5 Å². The molecule has 2 saturated heterocycles. The first kappa shape index (κ1) is 14.8. The highest BCUT2D eigenvalue weighted by molar-refractivity contribution is 5.76. The van der Waals surface area contributed by atoms with Gasteiger partial charge in [0.1, 0.15) is 0 Å². The average molecular weight is 267 g/mol. The molecule has 1 amide bonds. The molecular formula is C15H29N3O. The topological polar surface area (TPSA) is 49.6 Å². The standard InChI is InChI=1S/C15H29N3O/c1-13-5-2-3-9-17(13)10-4-6-15(19)18-11-7-14(16)8-12-18/h13-14H,2-12,16H2,1H3. The number of likely N-dealkylation sites (tertiary alicyclic amines) is 2. The van der Waals surface area contributed by atoms with Crippen LogP contribution in [-0.2, 0) is 4.79 Å². The van der Waals surface area contributed by atoms with E-state index in [1.807, 2.05) is 4.90 Å². The van der Waals surface area contributed by atoms with Crippen molar-refractivity contribution in [1.82, 2.24) is 9.80 Å². The van der Waals surface area contributed by atoms with Gasteiger partial charge in [0.15, 0.2) is 0 Å². The van der Waals surface area contributed by atoms with E-state index in [0.29, 0.717) is 24.4 Å². The molecule has 1 unspecified atom stereocenters. The summed E-state index contributed by atoms with van der Waals surface area (Å²) >= 11 is 0. The van der Waals surface area contributed by atoms with Gasteiger partial charge in [0.2, 0.25) is 5.91 Å². The minimum atomic E-state index is 0.304. The molecule has 0 radical (unpaired) electrons. The zero-order valence-electron chi connectivity index (χ0n) is 12.3. The number of nitrogens with zero attached hydrogens (tertiary/aromatic N) is 2. The molecule has 0 saturated carbocycles. The molecule has 0 aliphatic carbocycles. The van der Waals surface area contributed by atoms with Gasteiger partial charge in [-0.05, 0) is 52.1 Å². The molecule has 0 aromatic carbocycles. The summed E-state index contributed by atoms with van der Waals surface area (Å²) in [5.41, 5.74) is 5.87. The predicted molar refractivity (Wildman–Crippen MR) is 77.9 cm³/mol. The molecule has 4 heteroatoms. The summed E-state index contributed by atoms with van der Waals surface area (Å²) < 4.78 is 0. The summed E-state index contributed by atoms with van der Waals surface area (Å²) in [7, 11) is 0. The summed E-state index contributed by atoms with van der Waals surface area (Å²) in [5.74, 6) is 0.330. The van der Waals surface area contributed by atoms with Crippen LogP contribution in [0, 0.1) is 0 Å². The summed E-state index contributed by atoms with van der Waals surface area (Å²) in [5, 5.41) is 0. The van der Waals surface area contributed by atoms with Crippen molar-refractivity contribution in [3.63, 3.8) is 0 Å². The maximum Gasteiger partial charge on any atom is 0.222 e. The largest absolute Gasteiger partial charge is 0.343 e. The van der Waals surface area contributed by atoms with Gasteiger partial charge in [-0.25, -0.2) is 0 Å². The van der Waals surface area contributed by atoms with E-state index in [1.54, 1.807) is 0 Å². The first-order valence-electron chi connectivity index (χ1n) is 7.94. The Bertz CT molecular complexity index is 287. The molecule has 19 heavy (non-hydrogen) atoms. The molecule has 2 aliphatic heterocycles. The Morgan fingerprint density at radius 2 is 1.89 bits per heavy atom. The lowest BCUT2D eigenvalue weighted by molar-refractivity contribution is -0.132. The van der Waals surface area contributed by atoms with Crippen molar-refractivity contribution in [2.24, 2.45) is 5.73 Å². The van der Waals surface area contributed by atoms with Crippen LogP contribution >= 0.6 is 0 Å². The van der Waals surface area contributed by atoms with Crippen molar-refractivity contribution in [2.75, 3.05) is 26.2 Å². The van der Waals surface area contributed by atoms with Crippen LogP contribution in [0.15, 0.2) is 0 Å². The highest BCUT2D eigenvalue weighted by Crippen LogP contribution is 2.17. The summed E-state index contributed by atoms with van der Waals surface area (Å²) in [4.78, 5) is 16.6. The molecule has 2 rings (SSSR count). The molecule has 2 fully saturated rings. The lowest BCUT2D eigenvalue weighted by atomic mass is 10.0. The van der Waals surface area contributed by atoms with Gasteiger partial charge in [-0.2, -0.15) is 0 Å². The first-order valence-corrected chi connectivity index (χ1v) is 7.94. The lowest BCUT2D eigenvalue weighted by Crippen LogP contribution is -2.43. The lowest BCUT2D eigenvalue weighted by Gasteiger charge is -2.34. The number of hydrogen-bond donors (Lipinski definition) is 1. The third kappa shape index (κ3) is 4.46. The molecule has 2 aliphatic rings. The zero-order valence-corrected chi connectivity index (χ0v) is 12.3. The van der Waals surface area contributed by atoms with Crippen molar-refractivity contribution >= 4 is 5.91 Å². The van der Waals surface area contributed by atoms with Crippen LogP contribution in [0.3, 0.4) is 0 Å². The van der Waals surface area contributed by atoms with Crippen molar-refractivity contribution in [3.8, 4) is 0 Å². The first-order chi connectivity index (χ1) is 9.16. The molecule has 0 aromatic heterocycles. The number of nitrogens with two attached hydrogens (primary N) is 1. The van der Waals surface area contributed by atoms with E-state index in [0.717, 1.165) is 38.9 Å². The summed E-state index contributed by atoms with van der Waals surface area (Å²) in [6.07, 6.45) is 7.65. The molecule has 0 bridgehead atoms. The van der Waals surface area contributed by atoms with Gasteiger partial charge in [0.25, 0.3) is 0 Å². The van der Waals surface area contributed by atoms with Crippen molar-refractivity contribution < 1.29 is 4.79 Å². The highest BCUT2D eigenvalue weighted by Gasteiger charge is 2.21. The average Bonchev–Trinajstić information content (AvgIpc) is 2.41. The van der Waals surface area contributed by atoms with Crippen LogP contribution in [-0.4, -0.2) is 54.0 Å². The molecule has 1 atom stereocenters.